The molecule has 0 unspecified atom stereocenters. The molecule has 4 rings (SSSR count). The van der Waals surface area contributed by atoms with Crippen molar-refractivity contribution in [3.8, 4) is 0 Å². The predicted molar refractivity (Wildman–Crippen MR) is 89.9 cm³/mol. The molecule has 2 aliphatic heterocycles. The number of carbonyl (C=O) groups excluding carboxylic acids is 1. The second kappa shape index (κ2) is 6.57. The molecule has 3 heterocycles. The van der Waals surface area contributed by atoms with Gasteiger partial charge in [-0.2, -0.15) is 5.10 Å². The normalized spacial score (nSPS) is 28.8. The molecule has 1 aromatic carbocycles. The quantitative estimate of drug-likeness (QED) is 0.832. The van der Waals surface area contributed by atoms with Gasteiger partial charge in [0.1, 0.15) is 30.9 Å². The van der Waals surface area contributed by atoms with E-state index >= 15 is 0 Å². The van der Waals surface area contributed by atoms with Crippen LogP contribution in [0.1, 0.15) is 17.9 Å². The fourth-order valence-corrected chi connectivity index (χ4v) is 3.96. The minimum absolute atomic E-state index is 0.0104. The molecule has 7 heteroatoms. The van der Waals surface area contributed by atoms with Gasteiger partial charge in [-0.25, -0.2) is 9.67 Å². The molecule has 132 valence electrons. The highest BCUT2D eigenvalue weighted by molar-refractivity contribution is 5.76. The van der Waals surface area contributed by atoms with E-state index in [0.717, 1.165) is 6.42 Å². The van der Waals surface area contributed by atoms with E-state index in [1.165, 1.54) is 16.6 Å². The lowest BCUT2D eigenvalue weighted by Gasteiger charge is -2.28. The van der Waals surface area contributed by atoms with E-state index in [-0.39, 0.29) is 18.6 Å². The monoisotopic (exact) mass is 342 g/mol. The van der Waals surface area contributed by atoms with Gasteiger partial charge in [-0.15, -0.1) is 0 Å². The van der Waals surface area contributed by atoms with Crippen molar-refractivity contribution in [2.75, 3.05) is 26.8 Å². The highest BCUT2D eigenvalue weighted by Crippen LogP contribution is 2.43. The largest absolute Gasteiger partial charge is 0.377 e. The number of hydrogen-bond acceptors (Lipinski definition) is 5. The van der Waals surface area contributed by atoms with Gasteiger partial charge in [-0.1, -0.05) is 30.3 Å². The van der Waals surface area contributed by atoms with E-state index in [0.29, 0.717) is 25.6 Å². The van der Waals surface area contributed by atoms with E-state index in [9.17, 15) is 4.79 Å². The summed E-state index contributed by atoms with van der Waals surface area (Å²) in [5, 5.41) is 4.00. The summed E-state index contributed by atoms with van der Waals surface area (Å²) in [6, 6.07) is 10.4. The number of nitrogens with zero attached hydrogens (tertiary/aromatic N) is 4. The summed E-state index contributed by atoms with van der Waals surface area (Å²) in [4.78, 5) is 18.3. The molecule has 0 N–H and O–H groups in total. The first-order chi connectivity index (χ1) is 12.2. The first kappa shape index (κ1) is 16.2. The zero-order chi connectivity index (χ0) is 17.3. The minimum atomic E-state index is -0.423. The van der Waals surface area contributed by atoms with Crippen LogP contribution in [0.15, 0.2) is 43.0 Å². The Morgan fingerprint density at radius 1 is 1.40 bits per heavy atom. The van der Waals surface area contributed by atoms with Gasteiger partial charge in [0.05, 0.1) is 13.2 Å². The van der Waals surface area contributed by atoms with Crippen molar-refractivity contribution >= 4 is 5.91 Å². The average Bonchev–Trinajstić information content (AvgIpc) is 3.37. The van der Waals surface area contributed by atoms with Crippen LogP contribution in [0.4, 0.5) is 0 Å². The Hall–Kier alpha value is -2.25. The second-order valence-corrected chi connectivity index (χ2v) is 6.78. The van der Waals surface area contributed by atoms with Gasteiger partial charge >= 0.3 is 0 Å². The van der Waals surface area contributed by atoms with Crippen molar-refractivity contribution in [2.45, 2.75) is 30.6 Å². The van der Waals surface area contributed by atoms with Crippen LogP contribution in [-0.2, 0) is 20.8 Å². The van der Waals surface area contributed by atoms with Crippen molar-refractivity contribution in [1.29, 1.82) is 0 Å². The maximum Gasteiger partial charge on any atom is 0.244 e. The molecule has 3 atom stereocenters. The molecule has 0 bridgehead atoms. The van der Waals surface area contributed by atoms with Crippen LogP contribution in [0.25, 0.3) is 0 Å². The number of methoxy groups -OCH3 is 1. The van der Waals surface area contributed by atoms with Crippen molar-refractivity contribution < 1.29 is 14.3 Å². The Labute approximate surface area is 146 Å². The molecule has 1 spiro atoms. The SMILES string of the molecule is CO[C@@H]1CN(C(=O)Cn2cncn2)C[C@]12C[C@H](c1ccccc1)CO2. The first-order valence-electron chi connectivity index (χ1n) is 8.52. The number of ether oxygens (including phenoxy) is 2. The fraction of sp³-hybridized carbons (Fsp3) is 0.500. The van der Waals surface area contributed by atoms with Gasteiger partial charge in [0, 0.05) is 19.6 Å². The number of benzene rings is 1. The van der Waals surface area contributed by atoms with E-state index in [4.69, 9.17) is 9.47 Å². The van der Waals surface area contributed by atoms with Crippen LogP contribution in [0, 0.1) is 0 Å². The molecule has 2 saturated heterocycles. The summed E-state index contributed by atoms with van der Waals surface area (Å²) in [5.41, 5.74) is 0.856. The summed E-state index contributed by atoms with van der Waals surface area (Å²) in [6.07, 6.45) is 3.74. The van der Waals surface area contributed by atoms with Gasteiger partial charge in [-0.05, 0) is 12.0 Å². The minimum Gasteiger partial charge on any atom is -0.377 e. The van der Waals surface area contributed by atoms with E-state index in [1.54, 1.807) is 13.4 Å². The highest BCUT2D eigenvalue weighted by atomic mass is 16.6. The Bertz CT molecular complexity index is 721. The lowest BCUT2D eigenvalue weighted by Crippen LogP contribution is -2.42. The number of carbonyl (C=O) groups is 1. The van der Waals surface area contributed by atoms with Crippen LogP contribution in [0.5, 0.6) is 0 Å². The predicted octanol–water partition coefficient (Wildman–Crippen LogP) is 1.08. The molecule has 0 saturated carbocycles. The molecule has 7 nitrogen and oxygen atoms in total. The molecule has 25 heavy (non-hydrogen) atoms. The van der Waals surface area contributed by atoms with Crippen LogP contribution in [0.3, 0.4) is 0 Å². The average molecular weight is 342 g/mol. The standard InChI is InChI=1S/C18H22N4O3/c1-24-16-8-21(17(23)9-22-13-19-12-20-22)11-18(16)7-15(10-25-18)14-5-3-2-4-6-14/h2-6,12-13,15-16H,7-11H2,1H3/t15-,16+,18+/m0/s1. The van der Waals surface area contributed by atoms with Gasteiger partial charge < -0.3 is 14.4 Å². The summed E-state index contributed by atoms with van der Waals surface area (Å²) >= 11 is 0. The zero-order valence-corrected chi connectivity index (χ0v) is 14.2. The molecule has 0 aliphatic carbocycles. The number of rotatable bonds is 4. The number of aromatic nitrogens is 3. The zero-order valence-electron chi connectivity index (χ0n) is 14.2. The third kappa shape index (κ3) is 3.05. The second-order valence-electron chi connectivity index (χ2n) is 6.78. The topological polar surface area (TPSA) is 69.5 Å². The van der Waals surface area contributed by atoms with Gasteiger partial charge in [0.2, 0.25) is 5.91 Å². The van der Waals surface area contributed by atoms with Gasteiger partial charge in [0.15, 0.2) is 0 Å². The molecular formula is C18H22N4O3. The third-order valence-electron chi connectivity index (χ3n) is 5.27. The summed E-state index contributed by atoms with van der Waals surface area (Å²) < 4.78 is 13.5. The smallest absolute Gasteiger partial charge is 0.244 e. The van der Waals surface area contributed by atoms with Crippen LogP contribution in [-0.4, -0.2) is 64.1 Å². The third-order valence-corrected chi connectivity index (χ3v) is 5.27. The van der Waals surface area contributed by atoms with Gasteiger partial charge in [0.25, 0.3) is 0 Å². The Morgan fingerprint density at radius 3 is 2.96 bits per heavy atom. The molecule has 1 aromatic heterocycles. The molecule has 0 radical (unpaired) electrons. The molecule has 2 aliphatic rings. The lowest BCUT2D eigenvalue weighted by atomic mass is 9.87. The molecule has 1 amide bonds. The van der Waals surface area contributed by atoms with Gasteiger partial charge in [-0.3, -0.25) is 4.79 Å². The van der Waals surface area contributed by atoms with E-state index < -0.39 is 5.60 Å². The first-order valence-corrected chi connectivity index (χ1v) is 8.52. The molecule has 2 aromatic rings. The Kier molecular flexibility index (Phi) is 4.27. The Balaban J connectivity index is 1.47. The highest BCUT2D eigenvalue weighted by Gasteiger charge is 2.54. The summed E-state index contributed by atoms with van der Waals surface area (Å²) in [7, 11) is 1.69. The van der Waals surface area contributed by atoms with Crippen molar-refractivity contribution in [3.63, 3.8) is 0 Å². The fourth-order valence-electron chi connectivity index (χ4n) is 3.96. The maximum absolute atomic E-state index is 12.6. The maximum atomic E-state index is 12.6. The van der Waals surface area contributed by atoms with Crippen molar-refractivity contribution in [1.82, 2.24) is 19.7 Å². The number of amides is 1. The van der Waals surface area contributed by atoms with Crippen LogP contribution in [0.2, 0.25) is 0 Å². The number of likely N-dealkylation sites (tertiary alicyclic amines) is 1. The molecular weight excluding hydrogens is 320 g/mol. The van der Waals surface area contributed by atoms with Crippen LogP contribution < -0.4 is 0 Å². The summed E-state index contributed by atoms with van der Waals surface area (Å²) in [6.45, 7) is 1.96. The van der Waals surface area contributed by atoms with E-state index in [2.05, 4.69) is 34.3 Å². The number of hydrogen-bond donors (Lipinski definition) is 0. The summed E-state index contributed by atoms with van der Waals surface area (Å²) in [5.74, 6) is 0.348. The lowest BCUT2D eigenvalue weighted by molar-refractivity contribution is -0.132. The van der Waals surface area contributed by atoms with Crippen molar-refractivity contribution in [3.05, 3.63) is 48.5 Å². The Morgan fingerprint density at radius 2 is 2.24 bits per heavy atom. The van der Waals surface area contributed by atoms with Crippen LogP contribution >= 0.6 is 0 Å². The van der Waals surface area contributed by atoms with Crippen molar-refractivity contribution in [2.24, 2.45) is 0 Å². The molecule has 2 fully saturated rings. The van der Waals surface area contributed by atoms with E-state index in [1.807, 2.05) is 11.0 Å².